The van der Waals surface area contributed by atoms with E-state index in [4.69, 9.17) is 9.47 Å². The minimum atomic E-state index is -0.842. The molecule has 0 fully saturated rings. The van der Waals surface area contributed by atoms with Crippen LogP contribution in [0.15, 0.2) is 66.7 Å². The van der Waals surface area contributed by atoms with Crippen molar-refractivity contribution in [2.75, 3.05) is 18.6 Å². The van der Waals surface area contributed by atoms with Crippen LogP contribution in [-0.4, -0.2) is 41.6 Å². The predicted molar refractivity (Wildman–Crippen MR) is 130 cm³/mol. The molecule has 4 aromatic rings. The molecule has 0 bridgehead atoms. The Bertz CT molecular complexity index is 1360. The van der Waals surface area contributed by atoms with Gasteiger partial charge < -0.3 is 19.4 Å². The highest BCUT2D eigenvalue weighted by Crippen LogP contribution is 2.29. The molecule has 1 unspecified atom stereocenters. The van der Waals surface area contributed by atoms with Crippen molar-refractivity contribution in [3.8, 4) is 17.1 Å². The Morgan fingerprint density at radius 1 is 1.09 bits per heavy atom. The molecule has 1 atom stereocenters. The number of aromatic nitrogens is 2. The summed E-state index contributed by atoms with van der Waals surface area (Å²) in [7, 11) is 1.62. The number of para-hydroxylation sites is 1. The van der Waals surface area contributed by atoms with Gasteiger partial charge in [-0.2, -0.15) is 0 Å². The number of aromatic amines is 1. The summed E-state index contributed by atoms with van der Waals surface area (Å²) in [5.74, 6) is 0.736. The van der Waals surface area contributed by atoms with Gasteiger partial charge in [-0.1, -0.05) is 25.1 Å². The van der Waals surface area contributed by atoms with E-state index in [1.54, 1.807) is 30.2 Å². The first kappa shape index (κ1) is 21.7. The van der Waals surface area contributed by atoms with Gasteiger partial charge in [0.15, 0.2) is 6.10 Å². The topological polar surface area (TPSA) is 84.5 Å². The van der Waals surface area contributed by atoms with Crippen LogP contribution < -0.4 is 9.64 Å². The fraction of sp³-hybridized carbons (Fsp3) is 0.222. The molecule has 0 spiro atoms. The van der Waals surface area contributed by atoms with E-state index >= 15 is 0 Å². The molecule has 1 amide bonds. The highest BCUT2D eigenvalue weighted by Gasteiger charge is 2.31. The van der Waals surface area contributed by atoms with Gasteiger partial charge in [0.1, 0.15) is 11.6 Å². The molecule has 5 rings (SSSR count). The van der Waals surface area contributed by atoms with Crippen molar-refractivity contribution >= 4 is 28.6 Å². The molecular weight excluding hydrogens is 430 g/mol. The Kier molecular flexibility index (Phi) is 5.76. The van der Waals surface area contributed by atoms with Crippen LogP contribution >= 0.6 is 0 Å². The number of carbonyl (C=O) groups excluding carboxylic acids is 2. The molecule has 3 aromatic carbocycles. The monoisotopic (exact) mass is 455 g/mol. The number of hydrogen-bond acceptors (Lipinski definition) is 5. The Hall–Kier alpha value is -4.13. The summed E-state index contributed by atoms with van der Waals surface area (Å²) < 4.78 is 10.9. The van der Waals surface area contributed by atoms with Crippen LogP contribution in [0.3, 0.4) is 0 Å². The van der Waals surface area contributed by atoms with E-state index in [2.05, 4.69) is 9.97 Å². The number of ether oxygens (including phenoxy) is 2. The van der Waals surface area contributed by atoms with E-state index in [0.29, 0.717) is 29.9 Å². The number of H-pyrrole nitrogens is 1. The smallest absolute Gasteiger partial charge is 0.338 e. The van der Waals surface area contributed by atoms with Crippen molar-refractivity contribution in [2.45, 2.75) is 25.9 Å². The number of esters is 1. The fourth-order valence-electron chi connectivity index (χ4n) is 4.27. The van der Waals surface area contributed by atoms with Crippen molar-refractivity contribution in [2.24, 2.45) is 0 Å². The van der Waals surface area contributed by atoms with E-state index in [0.717, 1.165) is 34.5 Å². The highest BCUT2D eigenvalue weighted by molar-refractivity contribution is 6.01. The van der Waals surface area contributed by atoms with Crippen LogP contribution in [0.2, 0.25) is 0 Å². The first-order valence-corrected chi connectivity index (χ1v) is 11.3. The van der Waals surface area contributed by atoms with E-state index in [1.165, 1.54) is 0 Å². The largest absolute Gasteiger partial charge is 0.497 e. The van der Waals surface area contributed by atoms with E-state index in [9.17, 15) is 9.59 Å². The Morgan fingerprint density at radius 3 is 2.65 bits per heavy atom. The Morgan fingerprint density at radius 2 is 1.88 bits per heavy atom. The summed E-state index contributed by atoms with van der Waals surface area (Å²) in [5, 5.41) is 0. The van der Waals surface area contributed by atoms with Crippen LogP contribution in [0, 0.1) is 0 Å². The average Bonchev–Trinajstić information content (AvgIpc) is 3.50. The summed E-state index contributed by atoms with van der Waals surface area (Å²) in [6.45, 7) is 2.44. The van der Waals surface area contributed by atoms with Crippen LogP contribution in [-0.2, 0) is 16.0 Å². The molecule has 7 heteroatoms. The number of methoxy groups -OCH3 is 1. The molecule has 1 aliphatic heterocycles. The van der Waals surface area contributed by atoms with Crippen LogP contribution in [0.1, 0.15) is 29.3 Å². The quantitative estimate of drug-likeness (QED) is 0.424. The van der Waals surface area contributed by atoms with Crippen molar-refractivity contribution in [1.29, 1.82) is 0 Å². The number of amides is 1. The number of nitrogens with one attached hydrogen (secondary N) is 1. The van der Waals surface area contributed by atoms with E-state index in [-0.39, 0.29) is 5.91 Å². The number of nitrogens with zero attached hydrogens (tertiary/aromatic N) is 2. The van der Waals surface area contributed by atoms with Gasteiger partial charge in [-0.3, -0.25) is 4.79 Å². The standard InChI is InChI=1S/C27H25N3O4/c1-3-24(26(31)30-15-14-17-6-4-5-7-23(17)30)34-27(32)19-10-13-21-22(16-19)29-25(28-21)18-8-11-20(33-2)12-9-18/h4-13,16,24H,3,14-15H2,1-2H3,(H,28,29). The lowest BCUT2D eigenvalue weighted by atomic mass is 10.1. The number of hydrogen-bond donors (Lipinski definition) is 1. The zero-order valence-electron chi connectivity index (χ0n) is 19.1. The minimum Gasteiger partial charge on any atom is -0.497 e. The maximum Gasteiger partial charge on any atom is 0.338 e. The third kappa shape index (κ3) is 4.01. The molecule has 0 aliphatic carbocycles. The van der Waals surface area contributed by atoms with Gasteiger partial charge in [-0.15, -0.1) is 0 Å². The Balaban J connectivity index is 1.33. The second kappa shape index (κ2) is 9.02. The number of benzene rings is 3. The molecule has 1 aliphatic rings. The first-order chi connectivity index (χ1) is 16.6. The molecule has 1 N–H and O–H groups in total. The second-order valence-corrected chi connectivity index (χ2v) is 8.22. The van der Waals surface area contributed by atoms with Gasteiger partial charge in [0.25, 0.3) is 5.91 Å². The number of anilines is 1. The van der Waals surface area contributed by atoms with Gasteiger partial charge in [-0.05, 0) is 66.9 Å². The SMILES string of the molecule is CCC(OC(=O)c1ccc2nc(-c3ccc(OC)cc3)[nH]c2c1)C(=O)N1CCc2ccccc21. The lowest BCUT2D eigenvalue weighted by molar-refractivity contribution is -0.127. The van der Waals surface area contributed by atoms with Crippen LogP contribution in [0.4, 0.5) is 5.69 Å². The predicted octanol–water partition coefficient (Wildman–Crippen LogP) is 4.76. The van der Waals surface area contributed by atoms with Gasteiger partial charge >= 0.3 is 5.97 Å². The summed E-state index contributed by atoms with van der Waals surface area (Å²) in [6, 6.07) is 20.6. The van der Waals surface area contributed by atoms with Crippen LogP contribution in [0.25, 0.3) is 22.4 Å². The van der Waals surface area contributed by atoms with Gasteiger partial charge in [0.05, 0.1) is 23.7 Å². The number of fused-ring (bicyclic) bond motifs is 2. The molecular formula is C27H25N3O4. The number of rotatable bonds is 6. The first-order valence-electron chi connectivity index (χ1n) is 11.3. The van der Waals surface area contributed by atoms with Crippen molar-refractivity contribution in [1.82, 2.24) is 9.97 Å². The molecule has 0 radical (unpaired) electrons. The van der Waals surface area contributed by atoms with E-state index < -0.39 is 12.1 Å². The number of carbonyl (C=O) groups is 2. The van der Waals surface area contributed by atoms with E-state index in [1.807, 2.05) is 55.5 Å². The zero-order valence-corrected chi connectivity index (χ0v) is 19.1. The molecule has 1 aromatic heterocycles. The maximum absolute atomic E-state index is 13.1. The normalized spacial score (nSPS) is 13.5. The molecule has 2 heterocycles. The van der Waals surface area contributed by atoms with Crippen molar-refractivity contribution in [3.63, 3.8) is 0 Å². The molecule has 0 saturated carbocycles. The number of imidazole rings is 1. The summed E-state index contributed by atoms with van der Waals surface area (Å²) in [6.07, 6.45) is 0.363. The van der Waals surface area contributed by atoms with Gasteiger partial charge in [-0.25, -0.2) is 9.78 Å². The highest BCUT2D eigenvalue weighted by atomic mass is 16.5. The maximum atomic E-state index is 13.1. The summed E-state index contributed by atoms with van der Waals surface area (Å²) >= 11 is 0. The third-order valence-electron chi connectivity index (χ3n) is 6.13. The second-order valence-electron chi connectivity index (χ2n) is 8.22. The lowest BCUT2D eigenvalue weighted by Crippen LogP contribution is -2.40. The third-order valence-corrected chi connectivity index (χ3v) is 6.13. The Labute approximate surface area is 197 Å². The minimum absolute atomic E-state index is 0.190. The molecule has 0 saturated heterocycles. The van der Waals surface area contributed by atoms with Gasteiger partial charge in [0, 0.05) is 17.8 Å². The average molecular weight is 456 g/mol. The molecule has 172 valence electrons. The lowest BCUT2D eigenvalue weighted by Gasteiger charge is -2.23. The van der Waals surface area contributed by atoms with Gasteiger partial charge in [0.2, 0.25) is 0 Å². The van der Waals surface area contributed by atoms with Crippen LogP contribution in [0.5, 0.6) is 5.75 Å². The summed E-state index contributed by atoms with van der Waals surface area (Å²) in [5.41, 5.74) is 4.75. The molecule has 7 nitrogen and oxygen atoms in total. The molecule has 34 heavy (non-hydrogen) atoms. The fourth-order valence-corrected chi connectivity index (χ4v) is 4.27. The van der Waals surface area contributed by atoms with Crippen molar-refractivity contribution < 1.29 is 19.1 Å². The van der Waals surface area contributed by atoms with Crippen molar-refractivity contribution in [3.05, 3.63) is 77.9 Å². The zero-order chi connectivity index (χ0) is 23.7. The summed E-state index contributed by atoms with van der Waals surface area (Å²) in [4.78, 5) is 35.7.